The highest BCUT2D eigenvalue weighted by Gasteiger charge is 2.32. The van der Waals surface area contributed by atoms with Gasteiger partial charge in [-0.05, 0) is 51.1 Å². The third kappa shape index (κ3) is 2.46. The molecule has 0 unspecified atom stereocenters. The van der Waals surface area contributed by atoms with E-state index in [1.165, 1.54) is 45.2 Å². The van der Waals surface area contributed by atoms with Gasteiger partial charge in [-0.2, -0.15) is 0 Å². The topological polar surface area (TPSA) is 29.3 Å². The van der Waals surface area contributed by atoms with E-state index in [9.17, 15) is 0 Å². The van der Waals surface area contributed by atoms with Crippen LogP contribution in [0.25, 0.3) is 0 Å². The van der Waals surface area contributed by atoms with E-state index >= 15 is 0 Å². The second-order valence-corrected chi connectivity index (χ2v) is 4.31. The molecule has 0 aromatic heterocycles. The van der Waals surface area contributed by atoms with Gasteiger partial charge in [0, 0.05) is 12.6 Å². The van der Waals surface area contributed by atoms with E-state index in [0.29, 0.717) is 0 Å². The zero-order valence-electron chi connectivity index (χ0n) is 7.84. The Hall–Kier alpha value is -0.0800. The summed E-state index contributed by atoms with van der Waals surface area (Å²) in [6, 6.07) is 0.942. The van der Waals surface area contributed by atoms with Crippen LogP contribution in [0.4, 0.5) is 0 Å². The van der Waals surface area contributed by atoms with Gasteiger partial charge in [-0.25, -0.2) is 0 Å². The van der Waals surface area contributed by atoms with Crippen molar-refractivity contribution < 1.29 is 0 Å². The lowest BCUT2D eigenvalue weighted by molar-refractivity contribution is 0.251. The first-order chi connectivity index (χ1) is 5.90. The fourth-order valence-corrected chi connectivity index (χ4v) is 1.79. The summed E-state index contributed by atoms with van der Waals surface area (Å²) >= 11 is 0. The van der Waals surface area contributed by atoms with Crippen molar-refractivity contribution >= 4 is 0 Å². The number of nitrogens with zero attached hydrogens (tertiary/aromatic N) is 1. The molecule has 0 aromatic carbocycles. The van der Waals surface area contributed by atoms with Gasteiger partial charge in [0.15, 0.2) is 0 Å². The Morgan fingerprint density at radius 3 is 2.42 bits per heavy atom. The van der Waals surface area contributed by atoms with Crippen molar-refractivity contribution in [2.45, 2.75) is 38.1 Å². The van der Waals surface area contributed by atoms with E-state index in [0.717, 1.165) is 18.5 Å². The first kappa shape index (κ1) is 8.52. The van der Waals surface area contributed by atoms with Gasteiger partial charge in [0.1, 0.15) is 0 Å². The molecule has 2 aliphatic rings. The molecule has 2 aliphatic carbocycles. The average Bonchev–Trinajstić information content (AvgIpc) is 2.85. The summed E-state index contributed by atoms with van der Waals surface area (Å²) in [5.74, 6) is 1.04. The summed E-state index contributed by atoms with van der Waals surface area (Å²) in [4.78, 5) is 2.67. The summed E-state index contributed by atoms with van der Waals surface area (Å²) in [5.41, 5.74) is 5.52. The normalized spacial score (nSPS) is 23.5. The number of hydrogen-bond acceptors (Lipinski definition) is 2. The second kappa shape index (κ2) is 3.75. The molecule has 0 atom stereocenters. The van der Waals surface area contributed by atoms with Crippen LogP contribution in [0.3, 0.4) is 0 Å². The maximum atomic E-state index is 5.52. The van der Waals surface area contributed by atoms with Crippen LogP contribution in [0.2, 0.25) is 0 Å². The van der Waals surface area contributed by atoms with Crippen LogP contribution in [0.15, 0.2) is 0 Å². The maximum absolute atomic E-state index is 5.52. The minimum atomic E-state index is 0.855. The molecule has 2 rings (SSSR count). The summed E-state index contributed by atoms with van der Waals surface area (Å²) in [6.07, 6.45) is 7.02. The third-order valence-corrected chi connectivity index (χ3v) is 2.90. The molecule has 0 spiro atoms. The zero-order chi connectivity index (χ0) is 8.39. The predicted molar refractivity (Wildman–Crippen MR) is 51.0 cm³/mol. The Labute approximate surface area is 75.1 Å². The van der Waals surface area contributed by atoms with Gasteiger partial charge in [0.2, 0.25) is 0 Å². The SMILES string of the molecule is NCCCN(CC1CC1)C1CC1. The van der Waals surface area contributed by atoms with Crippen molar-refractivity contribution in [2.24, 2.45) is 11.7 Å². The molecule has 0 heterocycles. The Morgan fingerprint density at radius 1 is 1.17 bits per heavy atom. The van der Waals surface area contributed by atoms with Crippen molar-refractivity contribution in [3.8, 4) is 0 Å². The second-order valence-electron chi connectivity index (χ2n) is 4.31. The molecule has 0 aliphatic heterocycles. The minimum Gasteiger partial charge on any atom is -0.330 e. The Bertz CT molecular complexity index is 139. The van der Waals surface area contributed by atoms with Crippen molar-refractivity contribution in [3.63, 3.8) is 0 Å². The summed E-state index contributed by atoms with van der Waals surface area (Å²) in [7, 11) is 0. The molecule has 0 aromatic rings. The fraction of sp³-hybridized carbons (Fsp3) is 1.00. The van der Waals surface area contributed by atoms with Crippen LogP contribution in [0, 0.1) is 5.92 Å². The smallest absolute Gasteiger partial charge is 0.00965 e. The van der Waals surface area contributed by atoms with Crippen LogP contribution >= 0.6 is 0 Å². The van der Waals surface area contributed by atoms with Crippen LogP contribution in [-0.4, -0.2) is 30.6 Å². The molecule has 2 N–H and O–H groups in total. The van der Waals surface area contributed by atoms with Crippen LogP contribution in [-0.2, 0) is 0 Å². The Morgan fingerprint density at radius 2 is 1.92 bits per heavy atom. The van der Waals surface area contributed by atoms with Gasteiger partial charge in [-0.1, -0.05) is 0 Å². The first-order valence-corrected chi connectivity index (χ1v) is 5.34. The van der Waals surface area contributed by atoms with Crippen molar-refractivity contribution in [1.82, 2.24) is 4.90 Å². The summed E-state index contributed by atoms with van der Waals surface area (Å²) in [5, 5.41) is 0. The molecule has 0 saturated heterocycles. The quantitative estimate of drug-likeness (QED) is 0.646. The Balaban J connectivity index is 1.68. The largest absolute Gasteiger partial charge is 0.330 e. The molecule has 2 fully saturated rings. The van der Waals surface area contributed by atoms with Gasteiger partial charge in [-0.3, -0.25) is 0 Å². The molecule has 0 amide bonds. The van der Waals surface area contributed by atoms with E-state index in [1.54, 1.807) is 0 Å². The molecule has 70 valence electrons. The molecule has 0 radical (unpaired) electrons. The monoisotopic (exact) mass is 168 g/mol. The molecule has 2 nitrogen and oxygen atoms in total. The zero-order valence-corrected chi connectivity index (χ0v) is 7.84. The van der Waals surface area contributed by atoms with Gasteiger partial charge >= 0.3 is 0 Å². The van der Waals surface area contributed by atoms with Gasteiger partial charge < -0.3 is 10.6 Å². The predicted octanol–water partition coefficient (Wildman–Crippen LogP) is 1.21. The summed E-state index contributed by atoms with van der Waals surface area (Å²) in [6.45, 7) is 3.47. The van der Waals surface area contributed by atoms with Crippen molar-refractivity contribution in [1.29, 1.82) is 0 Å². The molecule has 2 saturated carbocycles. The highest BCUT2D eigenvalue weighted by atomic mass is 15.2. The van der Waals surface area contributed by atoms with E-state index < -0.39 is 0 Å². The van der Waals surface area contributed by atoms with E-state index in [-0.39, 0.29) is 0 Å². The lowest BCUT2D eigenvalue weighted by Gasteiger charge is -2.21. The van der Waals surface area contributed by atoms with E-state index in [2.05, 4.69) is 4.90 Å². The van der Waals surface area contributed by atoms with Gasteiger partial charge in [-0.15, -0.1) is 0 Å². The van der Waals surface area contributed by atoms with Crippen molar-refractivity contribution in [2.75, 3.05) is 19.6 Å². The summed E-state index contributed by atoms with van der Waals surface area (Å²) < 4.78 is 0. The van der Waals surface area contributed by atoms with Gasteiger partial charge in [0.25, 0.3) is 0 Å². The molecular formula is C10H20N2. The standard InChI is InChI=1S/C10H20N2/c11-6-1-7-12(10-4-5-10)8-9-2-3-9/h9-10H,1-8,11H2. The van der Waals surface area contributed by atoms with E-state index in [4.69, 9.17) is 5.73 Å². The maximum Gasteiger partial charge on any atom is 0.00965 e. The number of rotatable bonds is 6. The van der Waals surface area contributed by atoms with Crippen LogP contribution in [0.1, 0.15) is 32.1 Å². The van der Waals surface area contributed by atoms with Crippen LogP contribution in [0.5, 0.6) is 0 Å². The lowest BCUT2D eigenvalue weighted by atomic mass is 10.3. The third-order valence-electron chi connectivity index (χ3n) is 2.90. The minimum absolute atomic E-state index is 0.855. The number of hydrogen-bond donors (Lipinski definition) is 1. The van der Waals surface area contributed by atoms with Crippen LogP contribution < -0.4 is 5.73 Å². The number of nitrogens with two attached hydrogens (primary N) is 1. The average molecular weight is 168 g/mol. The lowest BCUT2D eigenvalue weighted by Crippen LogP contribution is -2.30. The molecule has 0 bridgehead atoms. The van der Waals surface area contributed by atoms with Crippen molar-refractivity contribution in [3.05, 3.63) is 0 Å². The van der Waals surface area contributed by atoms with Gasteiger partial charge in [0.05, 0.1) is 0 Å². The highest BCUT2D eigenvalue weighted by molar-refractivity contribution is 4.88. The molecular weight excluding hydrogens is 148 g/mol. The fourth-order valence-electron chi connectivity index (χ4n) is 1.79. The molecule has 12 heavy (non-hydrogen) atoms. The first-order valence-electron chi connectivity index (χ1n) is 5.34. The highest BCUT2D eigenvalue weighted by Crippen LogP contribution is 2.34. The molecule has 2 heteroatoms. The van der Waals surface area contributed by atoms with E-state index in [1.807, 2.05) is 0 Å². The Kier molecular flexibility index (Phi) is 2.66.